The van der Waals surface area contributed by atoms with E-state index in [2.05, 4.69) is 11.5 Å². The number of likely N-dealkylation sites (tertiary alicyclic amines) is 1. The molecule has 0 bridgehead atoms. The van der Waals surface area contributed by atoms with Crippen LogP contribution >= 0.6 is 11.8 Å². The molecular weight excluding hydrogens is 362 g/mol. The molecular formula is C21H23NO4S. The number of rotatable bonds is 3. The molecule has 6 heteroatoms. The third kappa shape index (κ3) is 3.26. The molecule has 1 aromatic carbocycles. The lowest BCUT2D eigenvalue weighted by Crippen LogP contribution is -2.52. The number of benzene rings is 1. The average molecular weight is 385 g/mol. The Morgan fingerprint density at radius 1 is 1.26 bits per heavy atom. The highest BCUT2D eigenvalue weighted by Gasteiger charge is 2.46. The number of carbonyl (C=O) groups excluding carboxylic acids is 2. The number of fused-ring (bicyclic) bond motifs is 2. The second-order valence-electron chi connectivity index (χ2n) is 7.77. The van der Waals surface area contributed by atoms with Crippen molar-refractivity contribution in [2.75, 3.05) is 25.4 Å². The summed E-state index contributed by atoms with van der Waals surface area (Å²) >= 11 is 1.45. The summed E-state index contributed by atoms with van der Waals surface area (Å²) in [5.74, 6) is 0.331. The Balaban J connectivity index is 1.55. The maximum Gasteiger partial charge on any atom is 0.243 e. The Kier molecular flexibility index (Phi) is 4.53. The molecule has 1 aromatic rings. The summed E-state index contributed by atoms with van der Waals surface area (Å²) in [6.45, 7) is 7.61. The van der Waals surface area contributed by atoms with E-state index in [-0.39, 0.29) is 5.60 Å². The number of allylic oxidation sites excluding steroid dienone is 1. The lowest BCUT2D eigenvalue weighted by molar-refractivity contribution is -0.111. The minimum Gasteiger partial charge on any atom is -0.484 e. The van der Waals surface area contributed by atoms with E-state index in [0.29, 0.717) is 28.5 Å². The molecule has 0 radical (unpaired) electrons. The number of hydrogen-bond acceptors (Lipinski definition) is 6. The molecule has 1 atom stereocenters. The average Bonchev–Trinajstić information content (AvgIpc) is 2.68. The molecule has 5 nitrogen and oxygen atoms in total. The van der Waals surface area contributed by atoms with Crippen molar-refractivity contribution in [3.63, 3.8) is 0 Å². The van der Waals surface area contributed by atoms with Gasteiger partial charge < -0.3 is 9.84 Å². The maximum atomic E-state index is 12.5. The minimum atomic E-state index is -0.905. The first-order chi connectivity index (χ1) is 12.8. The van der Waals surface area contributed by atoms with Crippen LogP contribution in [0.4, 0.5) is 0 Å². The standard InChI is InChI=1S/C21H23NO4S/c1-3-20(2,25)12-22-10-8-21(9-11-22)13-27-19-17(24)16(23)14-6-4-5-7-15(14)18(19)26-21/h3-7,25H,1,8-13H2,2H3. The van der Waals surface area contributed by atoms with E-state index >= 15 is 0 Å². The molecule has 142 valence electrons. The molecule has 1 saturated heterocycles. The summed E-state index contributed by atoms with van der Waals surface area (Å²) in [4.78, 5) is 27.5. The molecule has 1 N–H and O–H groups in total. The van der Waals surface area contributed by atoms with E-state index in [9.17, 15) is 14.7 Å². The van der Waals surface area contributed by atoms with Gasteiger partial charge >= 0.3 is 0 Å². The fourth-order valence-corrected chi connectivity index (χ4v) is 5.16. The lowest BCUT2D eigenvalue weighted by Gasteiger charge is -2.46. The van der Waals surface area contributed by atoms with Gasteiger partial charge in [-0.25, -0.2) is 0 Å². The van der Waals surface area contributed by atoms with Crippen LogP contribution in [-0.4, -0.2) is 58.2 Å². The molecule has 3 aliphatic rings. The number of piperidine rings is 1. The zero-order valence-corrected chi connectivity index (χ0v) is 16.2. The number of aliphatic hydroxyl groups is 1. The Bertz CT molecular complexity index is 849. The summed E-state index contributed by atoms with van der Waals surface area (Å²) in [6, 6.07) is 7.17. The van der Waals surface area contributed by atoms with Gasteiger partial charge in [0, 0.05) is 49.4 Å². The van der Waals surface area contributed by atoms with Crippen LogP contribution in [0.2, 0.25) is 0 Å². The van der Waals surface area contributed by atoms with Crippen molar-refractivity contribution in [1.29, 1.82) is 0 Å². The van der Waals surface area contributed by atoms with Gasteiger partial charge in [-0.1, -0.05) is 30.3 Å². The van der Waals surface area contributed by atoms with Crippen molar-refractivity contribution in [2.24, 2.45) is 0 Å². The van der Waals surface area contributed by atoms with Crippen LogP contribution in [0.15, 0.2) is 41.8 Å². The van der Waals surface area contributed by atoms with E-state index in [4.69, 9.17) is 4.74 Å². The molecule has 1 fully saturated rings. The number of Topliss-reactive ketones (excluding diaryl/α,β-unsaturated/α-hetero) is 2. The van der Waals surface area contributed by atoms with Crippen LogP contribution in [-0.2, 0) is 9.53 Å². The number of thioether (sulfide) groups is 1. The minimum absolute atomic E-state index is 0.339. The number of hydrogen-bond donors (Lipinski definition) is 1. The van der Waals surface area contributed by atoms with Crippen LogP contribution in [0.1, 0.15) is 35.7 Å². The zero-order valence-electron chi connectivity index (χ0n) is 15.4. The fraction of sp³-hybridized carbons (Fsp3) is 0.429. The van der Waals surface area contributed by atoms with Crippen molar-refractivity contribution in [1.82, 2.24) is 4.90 Å². The highest BCUT2D eigenvalue weighted by molar-refractivity contribution is 8.04. The Labute approximate surface area is 163 Å². The molecule has 1 unspecified atom stereocenters. The molecule has 0 amide bonds. The largest absolute Gasteiger partial charge is 0.484 e. The molecule has 27 heavy (non-hydrogen) atoms. The summed E-state index contributed by atoms with van der Waals surface area (Å²) in [5.41, 5.74) is -0.0929. The van der Waals surface area contributed by atoms with Gasteiger partial charge in [-0.05, 0) is 6.92 Å². The van der Waals surface area contributed by atoms with Gasteiger partial charge in [-0.3, -0.25) is 14.5 Å². The highest BCUT2D eigenvalue weighted by Crippen LogP contribution is 2.47. The first kappa shape index (κ1) is 18.5. The van der Waals surface area contributed by atoms with Crippen LogP contribution in [0, 0.1) is 0 Å². The second-order valence-corrected chi connectivity index (χ2v) is 8.76. The van der Waals surface area contributed by atoms with Gasteiger partial charge in [-0.2, -0.15) is 0 Å². The number of ketones is 2. The van der Waals surface area contributed by atoms with Gasteiger partial charge in [-0.15, -0.1) is 18.3 Å². The first-order valence-corrected chi connectivity index (χ1v) is 10.2. The predicted octanol–water partition coefficient (Wildman–Crippen LogP) is 2.66. The van der Waals surface area contributed by atoms with E-state index in [1.165, 1.54) is 11.8 Å². The quantitative estimate of drug-likeness (QED) is 0.637. The molecule has 4 rings (SSSR count). The van der Waals surface area contributed by atoms with Gasteiger partial charge in [0.15, 0.2) is 0 Å². The molecule has 1 spiro atoms. The predicted molar refractivity (Wildman–Crippen MR) is 105 cm³/mol. The molecule has 0 saturated carbocycles. The highest BCUT2D eigenvalue weighted by atomic mass is 32.2. The summed E-state index contributed by atoms with van der Waals surface area (Å²) in [6.07, 6.45) is 3.20. The SMILES string of the molecule is C=CC(C)(O)CN1CCC2(CC1)CSC1=C(O2)c2ccccc2C(=O)C1=O. The topological polar surface area (TPSA) is 66.8 Å². The molecule has 2 aliphatic heterocycles. The second kappa shape index (κ2) is 6.62. The van der Waals surface area contributed by atoms with Crippen molar-refractivity contribution in [3.8, 4) is 0 Å². The fourth-order valence-electron chi connectivity index (χ4n) is 3.89. The van der Waals surface area contributed by atoms with Crippen molar-refractivity contribution in [3.05, 3.63) is 53.0 Å². The molecule has 1 aliphatic carbocycles. The van der Waals surface area contributed by atoms with Gasteiger partial charge in [0.25, 0.3) is 0 Å². The van der Waals surface area contributed by atoms with Crippen LogP contribution in [0.5, 0.6) is 0 Å². The molecule has 2 heterocycles. The Morgan fingerprint density at radius 3 is 2.59 bits per heavy atom. The van der Waals surface area contributed by atoms with Crippen LogP contribution in [0.25, 0.3) is 5.76 Å². The van der Waals surface area contributed by atoms with Crippen LogP contribution in [0.3, 0.4) is 0 Å². The van der Waals surface area contributed by atoms with Crippen molar-refractivity contribution in [2.45, 2.75) is 31.0 Å². The van der Waals surface area contributed by atoms with Gasteiger partial charge in [0.2, 0.25) is 11.6 Å². The Hall–Kier alpha value is -1.89. The van der Waals surface area contributed by atoms with E-state index in [1.807, 2.05) is 12.1 Å². The summed E-state index contributed by atoms with van der Waals surface area (Å²) < 4.78 is 6.45. The first-order valence-electron chi connectivity index (χ1n) is 9.17. The monoisotopic (exact) mass is 385 g/mol. The van der Waals surface area contributed by atoms with E-state index in [0.717, 1.165) is 31.5 Å². The number of β-amino-alcohol motifs (C(OH)–C–C–N with tert-alkyl or cyclic N) is 1. The van der Waals surface area contributed by atoms with Crippen molar-refractivity contribution < 1.29 is 19.4 Å². The summed E-state index contributed by atoms with van der Waals surface area (Å²) in [7, 11) is 0. The normalized spacial score (nSPS) is 24.1. The van der Waals surface area contributed by atoms with Crippen molar-refractivity contribution >= 4 is 29.1 Å². The third-order valence-electron chi connectivity index (χ3n) is 5.58. The number of ether oxygens (including phenoxy) is 1. The van der Waals surface area contributed by atoms with Gasteiger partial charge in [0.1, 0.15) is 16.3 Å². The van der Waals surface area contributed by atoms with E-state index < -0.39 is 17.2 Å². The maximum absolute atomic E-state index is 12.5. The van der Waals surface area contributed by atoms with E-state index in [1.54, 1.807) is 25.1 Å². The smallest absolute Gasteiger partial charge is 0.243 e. The number of nitrogens with zero attached hydrogens (tertiary/aromatic N) is 1. The molecule has 0 aromatic heterocycles. The third-order valence-corrected chi connectivity index (χ3v) is 6.91. The van der Waals surface area contributed by atoms with Crippen LogP contribution < -0.4 is 0 Å². The Morgan fingerprint density at radius 2 is 1.93 bits per heavy atom. The zero-order chi connectivity index (χ0) is 19.2. The lowest BCUT2D eigenvalue weighted by atomic mass is 9.89. The van der Waals surface area contributed by atoms with Gasteiger partial charge in [0.05, 0.1) is 5.60 Å². The summed E-state index contributed by atoms with van der Waals surface area (Å²) in [5, 5.41) is 10.2. The number of carbonyl (C=O) groups is 2.